The molecule has 4 rings (SSSR count). The molecular formula is C22H20N2. The number of hydrogen-bond acceptors (Lipinski definition) is 1. The van der Waals surface area contributed by atoms with Gasteiger partial charge in [0.2, 0.25) is 0 Å². The molecule has 0 saturated carbocycles. The van der Waals surface area contributed by atoms with Gasteiger partial charge in [-0.2, -0.15) is 0 Å². The van der Waals surface area contributed by atoms with Gasteiger partial charge >= 0.3 is 0 Å². The number of nitrogens with zero attached hydrogens (tertiary/aromatic N) is 2. The maximum Gasteiger partial charge on any atom is 0.0485 e. The first kappa shape index (κ1) is 14.7. The molecule has 2 heterocycles. The molecule has 0 aliphatic carbocycles. The lowest BCUT2D eigenvalue weighted by molar-refractivity contribution is 0.731. The van der Waals surface area contributed by atoms with Crippen LogP contribution in [0.15, 0.2) is 85.2 Å². The fourth-order valence-electron chi connectivity index (χ4n) is 3.36. The fraction of sp³-hybridized carbons (Fsp3) is 0.136. The fourth-order valence-corrected chi connectivity index (χ4v) is 3.36. The van der Waals surface area contributed by atoms with E-state index in [1.165, 1.54) is 27.7 Å². The Kier molecular flexibility index (Phi) is 3.87. The number of hydrogen-bond donors (Lipinski definition) is 0. The van der Waals surface area contributed by atoms with Gasteiger partial charge in [0, 0.05) is 36.1 Å². The first-order valence-electron chi connectivity index (χ1n) is 8.35. The van der Waals surface area contributed by atoms with E-state index >= 15 is 0 Å². The van der Waals surface area contributed by atoms with Crippen molar-refractivity contribution in [3.63, 3.8) is 0 Å². The summed E-state index contributed by atoms with van der Waals surface area (Å²) in [5.74, 6) is 0.323. The Morgan fingerprint density at radius 2 is 1.58 bits per heavy atom. The maximum atomic E-state index is 4.15. The number of para-hydroxylation sites is 1. The number of aromatic nitrogens is 2. The third-order valence-corrected chi connectivity index (χ3v) is 4.68. The highest BCUT2D eigenvalue weighted by Crippen LogP contribution is 2.30. The molecule has 0 radical (unpaired) electrons. The quantitative estimate of drug-likeness (QED) is 0.504. The van der Waals surface area contributed by atoms with E-state index < -0.39 is 0 Å². The molecule has 1 atom stereocenters. The van der Waals surface area contributed by atoms with Crippen LogP contribution in [0, 0.1) is 0 Å². The molecular weight excluding hydrogens is 292 g/mol. The number of fused-ring (bicyclic) bond motifs is 1. The summed E-state index contributed by atoms with van der Waals surface area (Å²) in [4.78, 5) is 4.15. The predicted molar refractivity (Wildman–Crippen MR) is 99.2 cm³/mol. The van der Waals surface area contributed by atoms with Crippen LogP contribution in [0.4, 0.5) is 0 Å². The molecule has 0 amide bonds. The molecule has 0 spiro atoms. The summed E-state index contributed by atoms with van der Waals surface area (Å²) in [5, 5.41) is 1.30. The average Bonchev–Trinajstić information content (AvgIpc) is 3.01. The van der Waals surface area contributed by atoms with Gasteiger partial charge in [-0.25, -0.2) is 0 Å². The van der Waals surface area contributed by atoms with Gasteiger partial charge in [0.25, 0.3) is 0 Å². The molecule has 2 aromatic heterocycles. The summed E-state index contributed by atoms with van der Waals surface area (Å²) in [7, 11) is 0. The Hall–Kier alpha value is -2.87. The highest BCUT2D eigenvalue weighted by Gasteiger charge is 2.16. The zero-order chi connectivity index (χ0) is 16.4. The van der Waals surface area contributed by atoms with Crippen molar-refractivity contribution in [3.8, 4) is 0 Å². The molecule has 118 valence electrons. The summed E-state index contributed by atoms with van der Waals surface area (Å²) in [6.07, 6.45) is 3.74. The van der Waals surface area contributed by atoms with Crippen molar-refractivity contribution in [2.45, 2.75) is 19.4 Å². The first-order chi connectivity index (χ1) is 11.8. The molecule has 0 fully saturated rings. The van der Waals surface area contributed by atoms with E-state index in [1.54, 1.807) is 0 Å². The largest absolute Gasteiger partial charge is 0.340 e. The molecule has 0 N–H and O–H groups in total. The Morgan fingerprint density at radius 1 is 0.875 bits per heavy atom. The van der Waals surface area contributed by atoms with Crippen molar-refractivity contribution >= 4 is 10.9 Å². The highest BCUT2D eigenvalue weighted by atomic mass is 15.0. The molecule has 2 aromatic carbocycles. The summed E-state index contributed by atoms with van der Waals surface area (Å²) in [5.41, 5.74) is 5.24. The van der Waals surface area contributed by atoms with Crippen LogP contribution in [-0.2, 0) is 6.54 Å². The van der Waals surface area contributed by atoms with Crippen LogP contribution < -0.4 is 0 Å². The standard InChI is InChI=1S/C22H20N2/c1-17(19-11-13-23-14-12-19)22-15-20-9-5-6-10-21(20)24(22)16-18-7-3-2-4-8-18/h2-15,17H,16H2,1H3. The molecule has 0 aliphatic rings. The van der Waals surface area contributed by atoms with E-state index in [-0.39, 0.29) is 0 Å². The van der Waals surface area contributed by atoms with Crippen LogP contribution in [0.2, 0.25) is 0 Å². The average molecular weight is 312 g/mol. The van der Waals surface area contributed by atoms with Crippen molar-refractivity contribution < 1.29 is 0 Å². The molecule has 1 unspecified atom stereocenters. The number of pyridine rings is 1. The van der Waals surface area contributed by atoms with Gasteiger partial charge in [0.15, 0.2) is 0 Å². The van der Waals surface area contributed by atoms with Crippen LogP contribution in [0.1, 0.15) is 29.7 Å². The second-order valence-corrected chi connectivity index (χ2v) is 6.20. The lowest BCUT2D eigenvalue weighted by Crippen LogP contribution is -2.08. The second kappa shape index (κ2) is 6.32. The Bertz CT molecular complexity index is 940. The molecule has 0 bridgehead atoms. The van der Waals surface area contributed by atoms with Crippen LogP contribution in [-0.4, -0.2) is 9.55 Å². The molecule has 0 aliphatic heterocycles. The van der Waals surface area contributed by atoms with Gasteiger partial charge in [-0.15, -0.1) is 0 Å². The second-order valence-electron chi connectivity index (χ2n) is 6.20. The van der Waals surface area contributed by atoms with E-state index in [9.17, 15) is 0 Å². The zero-order valence-corrected chi connectivity index (χ0v) is 13.8. The monoisotopic (exact) mass is 312 g/mol. The summed E-state index contributed by atoms with van der Waals surface area (Å²) < 4.78 is 2.44. The van der Waals surface area contributed by atoms with Crippen LogP contribution in [0.25, 0.3) is 10.9 Å². The topological polar surface area (TPSA) is 17.8 Å². The number of rotatable bonds is 4. The molecule has 4 aromatic rings. The Balaban J connectivity index is 1.84. The third-order valence-electron chi connectivity index (χ3n) is 4.68. The summed E-state index contributed by atoms with van der Waals surface area (Å²) >= 11 is 0. The molecule has 24 heavy (non-hydrogen) atoms. The SMILES string of the molecule is CC(c1ccncc1)c1cc2ccccc2n1Cc1ccccc1. The van der Waals surface area contributed by atoms with Gasteiger partial charge in [0.1, 0.15) is 0 Å². The van der Waals surface area contributed by atoms with Crippen molar-refractivity contribution in [1.29, 1.82) is 0 Å². The van der Waals surface area contributed by atoms with Gasteiger partial charge < -0.3 is 4.57 Å². The van der Waals surface area contributed by atoms with Gasteiger partial charge in [0.05, 0.1) is 0 Å². The minimum Gasteiger partial charge on any atom is -0.340 e. The van der Waals surface area contributed by atoms with Gasteiger partial charge in [-0.05, 0) is 40.8 Å². The van der Waals surface area contributed by atoms with E-state index in [1.807, 2.05) is 12.4 Å². The van der Waals surface area contributed by atoms with Crippen molar-refractivity contribution in [2.24, 2.45) is 0 Å². The Morgan fingerprint density at radius 3 is 2.38 bits per heavy atom. The Labute approximate surface area is 142 Å². The lowest BCUT2D eigenvalue weighted by atomic mass is 9.98. The van der Waals surface area contributed by atoms with E-state index in [4.69, 9.17) is 0 Å². The minimum atomic E-state index is 0.323. The molecule has 2 nitrogen and oxygen atoms in total. The smallest absolute Gasteiger partial charge is 0.0485 e. The maximum absolute atomic E-state index is 4.15. The third kappa shape index (κ3) is 2.71. The van der Waals surface area contributed by atoms with E-state index in [0.717, 1.165) is 6.54 Å². The molecule has 0 saturated heterocycles. The highest BCUT2D eigenvalue weighted by molar-refractivity contribution is 5.81. The van der Waals surface area contributed by atoms with Crippen molar-refractivity contribution in [1.82, 2.24) is 9.55 Å². The zero-order valence-electron chi connectivity index (χ0n) is 13.8. The first-order valence-corrected chi connectivity index (χ1v) is 8.35. The normalized spacial score (nSPS) is 12.4. The van der Waals surface area contributed by atoms with Crippen molar-refractivity contribution in [2.75, 3.05) is 0 Å². The van der Waals surface area contributed by atoms with Crippen LogP contribution in [0.3, 0.4) is 0 Å². The van der Waals surface area contributed by atoms with Crippen LogP contribution >= 0.6 is 0 Å². The van der Waals surface area contributed by atoms with Gasteiger partial charge in [-0.3, -0.25) is 4.98 Å². The lowest BCUT2D eigenvalue weighted by Gasteiger charge is -2.17. The minimum absolute atomic E-state index is 0.323. The molecule has 2 heteroatoms. The van der Waals surface area contributed by atoms with Gasteiger partial charge in [-0.1, -0.05) is 55.5 Å². The van der Waals surface area contributed by atoms with E-state index in [2.05, 4.69) is 89.3 Å². The van der Waals surface area contributed by atoms with Crippen LogP contribution in [0.5, 0.6) is 0 Å². The van der Waals surface area contributed by atoms with E-state index in [0.29, 0.717) is 5.92 Å². The summed E-state index contributed by atoms with van der Waals surface area (Å²) in [6, 6.07) is 25.8. The number of benzene rings is 2. The predicted octanol–water partition coefficient (Wildman–Crippen LogP) is 5.24. The summed E-state index contributed by atoms with van der Waals surface area (Å²) in [6.45, 7) is 3.16. The van der Waals surface area contributed by atoms with Crippen molar-refractivity contribution in [3.05, 3.63) is 102 Å².